The van der Waals surface area contributed by atoms with Crippen LogP contribution in [0.15, 0.2) is 60.7 Å². The zero-order chi connectivity index (χ0) is 14.2. The SMILES string of the molecule is O=C1CC(c2ccccc2)Cc2cc3ccccc3nc21. The molecule has 0 bridgehead atoms. The number of ketones is 1. The summed E-state index contributed by atoms with van der Waals surface area (Å²) in [6, 6.07) is 20.4. The van der Waals surface area contributed by atoms with E-state index in [2.05, 4.69) is 29.2 Å². The average molecular weight is 273 g/mol. The van der Waals surface area contributed by atoms with Gasteiger partial charge in [0.2, 0.25) is 0 Å². The third kappa shape index (κ3) is 2.13. The monoisotopic (exact) mass is 273 g/mol. The summed E-state index contributed by atoms with van der Waals surface area (Å²) in [5.41, 5.74) is 3.90. The number of rotatable bonds is 1. The molecular weight excluding hydrogens is 258 g/mol. The molecule has 2 nitrogen and oxygen atoms in total. The van der Waals surface area contributed by atoms with Gasteiger partial charge in [-0.3, -0.25) is 4.79 Å². The number of pyridine rings is 1. The fourth-order valence-electron chi connectivity index (χ4n) is 3.18. The van der Waals surface area contributed by atoms with E-state index in [9.17, 15) is 4.79 Å². The lowest BCUT2D eigenvalue weighted by molar-refractivity contribution is 0.0959. The van der Waals surface area contributed by atoms with Crippen LogP contribution in [-0.2, 0) is 6.42 Å². The lowest BCUT2D eigenvalue weighted by Crippen LogP contribution is -2.20. The van der Waals surface area contributed by atoms with Gasteiger partial charge in [-0.2, -0.15) is 0 Å². The second-order valence-corrected chi connectivity index (χ2v) is 5.63. The summed E-state index contributed by atoms with van der Waals surface area (Å²) >= 11 is 0. The Morgan fingerprint density at radius 1 is 0.905 bits per heavy atom. The molecule has 102 valence electrons. The predicted molar refractivity (Wildman–Crippen MR) is 83.6 cm³/mol. The van der Waals surface area contributed by atoms with Gasteiger partial charge in [0.25, 0.3) is 0 Å². The molecule has 0 aliphatic heterocycles. The van der Waals surface area contributed by atoms with Crippen LogP contribution in [0.25, 0.3) is 10.9 Å². The summed E-state index contributed by atoms with van der Waals surface area (Å²) in [5.74, 6) is 0.435. The van der Waals surface area contributed by atoms with Crippen LogP contribution in [0, 0.1) is 0 Å². The molecule has 1 heterocycles. The maximum absolute atomic E-state index is 12.5. The summed E-state index contributed by atoms with van der Waals surface area (Å²) < 4.78 is 0. The Kier molecular flexibility index (Phi) is 2.81. The lowest BCUT2D eigenvalue weighted by Gasteiger charge is -2.23. The highest BCUT2D eigenvalue weighted by atomic mass is 16.1. The lowest BCUT2D eigenvalue weighted by atomic mass is 9.81. The number of carbonyl (C=O) groups excluding carboxylic acids is 1. The van der Waals surface area contributed by atoms with E-state index in [1.54, 1.807) is 0 Å². The van der Waals surface area contributed by atoms with Crippen molar-refractivity contribution in [3.8, 4) is 0 Å². The van der Waals surface area contributed by atoms with Crippen molar-refractivity contribution >= 4 is 16.7 Å². The molecule has 1 unspecified atom stereocenters. The Bertz CT molecular complexity index is 823. The summed E-state index contributed by atoms with van der Waals surface area (Å²) in [6.07, 6.45) is 1.45. The average Bonchev–Trinajstić information content (AvgIpc) is 2.54. The third-order valence-corrected chi connectivity index (χ3v) is 4.24. The van der Waals surface area contributed by atoms with Gasteiger partial charge in [0.1, 0.15) is 5.69 Å². The Labute approximate surface area is 123 Å². The van der Waals surface area contributed by atoms with Gasteiger partial charge < -0.3 is 0 Å². The van der Waals surface area contributed by atoms with E-state index < -0.39 is 0 Å². The number of benzene rings is 2. The summed E-state index contributed by atoms with van der Waals surface area (Å²) in [4.78, 5) is 17.0. The van der Waals surface area contributed by atoms with Gasteiger partial charge in [0.05, 0.1) is 5.52 Å². The van der Waals surface area contributed by atoms with Crippen LogP contribution >= 0.6 is 0 Å². The van der Waals surface area contributed by atoms with Crippen molar-refractivity contribution in [3.05, 3.63) is 77.5 Å². The first kappa shape index (κ1) is 12.3. The highest BCUT2D eigenvalue weighted by molar-refractivity contribution is 5.99. The Hall–Kier alpha value is -2.48. The molecular formula is C19H15NO. The molecule has 21 heavy (non-hydrogen) atoms. The molecule has 0 N–H and O–H groups in total. The third-order valence-electron chi connectivity index (χ3n) is 4.24. The van der Waals surface area contributed by atoms with Crippen molar-refractivity contribution in [2.24, 2.45) is 0 Å². The second kappa shape index (κ2) is 4.81. The minimum Gasteiger partial charge on any atom is -0.292 e. The summed E-state index contributed by atoms with van der Waals surface area (Å²) in [6.45, 7) is 0. The van der Waals surface area contributed by atoms with E-state index in [0.717, 1.165) is 22.9 Å². The molecule has 2 aromatic carbocycles. The number of nitrogens with zero attached hydrogens (tertiary/aromatic N) is 1. The number of aromatic nitrogens is 1. The Morgan fingerprint density at radius 3 is 2.52 bits per heavy atom. The minimum atomic E-state index is 0.163. The van der Waals surface area contributed by atoms with Crippen LogP contribution in [0.5, 0.6) is 0 Å². The van der Waals surface area contributed by atoms with E-state index in [0.29, 0.717) is 12.1 Å². The molecule has 0 saturated heterocycles. The molecule has 3 aromatic rings. The van der Waals surface area contributed by atoms with Gasteiger partial charge in [-0.1, -0.05) is 48.5 Å². The van der Waals surface area contributed by atoms with E-state index in [4.69, 9.17) is 0 Å². The van der Waals surface area contributed by atoms with Crippen LogP contribution in [0.3, 0.4) is 0 Å². The Morgan fingerprint density at radius 2 is 1.67 bits per heavy atom. The molecule has 1 aliphatic carbocycles. The highest BCUT2D eigenvalue weighted by Crippen LogP contribution is 2.33. The molecule has 0 amide bonds. The second-order valence-electron chi connectivity index (χ2n) is 5.63. The molecule has 0 fully saturated rings. The molecule has 1 atom stereocenters. The van der Waals surface area contributed by atoms with Gasteiger partial charge in [0.15, 0.2) is 5.78 Å². The molecule has 0 spiro atoms. The molecule has 4 rings (SSSR count). The topological polar surface area (TPSA) is 30.0 Å². The number of Topliss-reactive ketones (excluding diaryl/α,β-unsaturated/α-hetero) is 1. The molecule has 0 saturated carbocycles. The number of fused-ring (bicyclic) bond motifs is 2. The number of hydrogen-bond donors (Lipinski definition) is 0. The first-order valence-corrected chi connectivity index (χ1v) is 7.28. The van der Waals surface area contributed by atoms with Crippen LogP contribution < -0.4 is 0 Å². The van der Waals surface area contributed by atoms with Crippen molar-refractivity contribution in [2.45, 2.75) is 18.8 Å². The number of carbonyl (C=O) groups is 1. The summed E-state index contributed by atoms with van der Waals surface area (Å²) in [7, 11) is 0. The van der Waals surface area contributed by atoms with E-state index in [1.807, 2.05) is 36.4 Å². The number of para-hydroxylation sites is 1. The van der Waals surface area contributed by atoms with Gasteiger partial charge in [0, 0.05) is 11.8 Å². The largest absolute Gasteiger partial charge is 0.292 e. The first-order chi connectivity index (χ1) is 10.3. The quantitative estimate of drug-likeness (QED) is 0.666. The van der Waals surface area contributed by atoms with E-state index >= 15 is 0 Å². The zero-order valence-electron chi connectivity index (χ0n) is 11.6. The normalized spacial score (nSPS) is 17.7. The van der Waals surface area contributed by atoms with Crippen LogP contribution in [-0.4, -0.2) is 10.8 Å². The fraction of sp³-hybridized carbons (Fsp3) is 0.158. The molecule has 2 heteroatoms. The van der Waals surface area contributed by atoms with Crippen molar-refractivity contribution in [2.75, 3.05) is 0 Å². The van der Waals surface area contributed by atoms with Gasteiger partial charge >= 0.3 is 0 Å². The van der Waals surface area contributed by atoms with Crippen molar-refractivity contribution in [3.63, 3.8) is 0 Å². The zero-order valence-corrected chi connectivity index (χ0v) is 11.6. The fourth-order valence-corrected chi connectivity index (χ4v) is 3.18. The van der Waals surface area contributed by atoms with E-state index in [-0.39, 0.29) is 11.7 Å². The minimum absolute atomic E-state index is 0.163. The van der Waals surface area contributed by atoms with Crippen molar-refractivity contribution in [1.82, 2.24) is 4.98 Å². The smallest absolute Gasteiger partial charge is 0.182 e. The standard InChI is InChI=1S/C19H15NO/c21-18-12-15(13-6-2-1-3-7-13)11-16-10-14-8-4-5-9-17(14)20-19(16)18/h1-10,15H,11-12H2. The maximum atomic E-state index is 12.5. The predicted octanol–water partition coefficient (Wildman–Crippen LogP) is 4.15. The van der Waals surface area contributed by atoms with Gasteiger partial charge in [-0.15, -0.1) is 0 Å². The molecule has 1 aliphatic rings. The summed E-state index contributed by atoms with van der Waals surface area (Å²) in [5, 5.41) is 1.11. The van der Waals surface area contributed by atoms with E-state index in [1.165, 1.54) is 5.56 Å². The highest BCUT2D eigenvalue weighted by Gasteiger charge is 2.27. The van der Waals surface area contributed by atoms with Gasteiger partial charge in [-0.05, 0) is 35.6 Å². The maximum Gasteiger partial charge on any atom is 0.182 e. The Balaban J connectivity index is 1.80. The van der Waals surface area contributed by atoms with Crippen LogP contribution in [0.4, 0.5) is 0 Å². The van der Waals surface area contributed by atoms with Crippen LogP contribution in [0.1, 0.15) is 34.0 Å². The van der Waals surface area contributed by atoms with Gasteiger partial charge in [-0.25, -0.2) is 4.98 Å². The van der Waals surface area contributed by atoms with Crippen molar-refractivity contribution in [1.29, 1.82) is 0 Å². The first-order valence-electron chi connectivity index (χ1n) is 7.28. The molecule has 0 radical (unpaired) electrons. The van der Waals surface area contributed by atoms with Crippen LogP contribution in [0.2, 0.25) is 0 Å². The molecule has 1 aromatic heterocycles. The number of hydrogen-bond acceptors (Lipinski definition) is 2. The van der Waals surface area contributed by atoms with Crippen molar-refractivity contribution < 1.29 is 4.79 Å².